The quantitative estimate of drug-likeness (QED) is 0.395. The molecule has 0 atom stereocenters. The topological polar surface area (TPSA) is 0 Å². The van der Waals surface area contributed by atoms with Crippen molar-refractivity contribution in [2.75, 3.05) is 0 Å². The summed E-state index contributed by atoms with van der Waals surface area (Å²) in [7, 11) is 0. The van der Waals surface area contributed by atoms with E-state index in [0.717, 1.165) is 22.3 Å². The first-order chi connectivity index (χ1) is 13.2. The molecule has 0 heterocycles. The van der Waals surface area contributed by atoms with Gasteiger partial charge in [0.1, 0.15) is 0 Å². The summed E-state index contributed by atoms with van der Waals surface area (Å²) in [4.78, 5) is 0. The molecule has 0 saturated heterocycles. The standard InChI is InChI=1S/C24H18/c1-4-11-19(12-5-1)22-17-10-18-23(20-13-6-2-7-14-20)24(22)21-15-8-3-9-16-21/h1-18H/i10D,17D,18D. The Morgan fingerprint density at radius 3 is 1.25 bits per heavy atom. The lowest BCUT2D eigenvalue weighted by Crippen LogP contribution is -1.90. The van der Waals surface area contributed by atoms with Gasteiger partial charge in [-0.05, 0) is 33.4 Å². The molecule has 114 valence electrons. The van der Waals surface area contributed by atoms with Crippen LogP contribution in [-0.4, -0.2) is 0 Å². The largest absolute Gasteiger partial charge is 0.0629 e. The molecular weight excluding hydrogens is 288 g/mol. The molecule has 0 unspecified atom stereocenters. The normalized spacial score (nSPS) is 12.2. The van der Waals surface area contributed by atoms with Crippen LogP contribution in [0.15, 0.2) is 109 Å². The van der Waals surface area contributed by atoms with Gasteiger partial charge in [0.2, 0.25) is 0 Å². The van der Waals surface area contributed by atoms with Crippen LogP contribution in [0.4, 0.5) is 0 Å². The average Bonchev–Trinajstić information content (AvgIpc) is 2.73. The first kappa shape index (κ1) is 11.4. The minimum atomic E-state index is -0.0487. The monoisotopic (exact) mass is 309 g/mol. The van der Waals surface area contributed by atoms with Gasteiger partial charge in [-0.2, -0.15) is 0 Å². The van der Waals surface area contributed by atoms with Crippen LogP contribution in [0.1, 0.15) is 4.11 Å². The highest BCUT2D eigenvalue weighted by atomic mass is 14.2. The van der Waals surface area contributed by atoms with Crippen LogP contribution in [0.2, 0.25) is 0 Å². The molecule has 4 aromatic carbocycles. The summed E-state index contributed by atoms with van der Waals surface area (Å²) in [6, 6.07) is 29.4. The Kier molecular flexibility index (Phi) is 3.12. The molecule has 0 aliphatic heterocycles. The molecular formula is C24H18. The van der Waals surface area contributed by atoms with Crippen LogP contribution in [0, 0.1) is 0 Å². The van der Waals surface area contributed by atoms with Crippen LogP contribution < -0.4 is 0 Å². The van der Waals surface area contributed by atoms with Crippen molar-refractivity contribution >= 4 is 0 Å². The maximum atomic E-state index is 8.62. The fraction of sp³-hybridized carbons (Fsp3) is 0. The minimum absolute atomic E-state index is 0.0487. The third-order valence-corrected chi connectivity index (χ3v) is 4.06. The van der Waals surface area contributed by atoms with Gasteiger partial charge in [0.05, 0.1) is 4.11 Å². The first-order valence-corrected chi connectivity index (χ1v) is 7.98. The Morgan fingerprint density at radius 1 is 0.458 bits per heavy atom. The van der Waals surface area contributed by atoms with Gasteiger partial charge in [-0.1, -0.05) is 109 Å². The Hall–Kier alpha value is -3.12. The van der Waals surface area contributed by atoms with E-state index in [2.05, 4.69) is 0 Å². The Morgan fingerprint density at radius 2 is 0.833 bits per heavy atom. The minimum Gasteiger partial charge on any atom is -0.0622 e. The van der Waals surface area contributed by atoms with Crippen LogP contribution in [0.3, 0.4) is 0 Å². The summed E-state index contributed by atoms with van der Waals surface area (Å²) in [5, 5.41) is 0. The number of rotatable bonds is 3. The van der Waals surface area contributed by atoms with Crippen molar-refractivity contribution in [1.82, 2.24) is 0 Å². The van der Waals surface area contributed by atoms with Gasteiger partial charge in [0, 0.05) is 0 Å². The first-order valence-electron chi connectivity index (χ1n) is 9.48. The summed E-state index contributed by atoms with van der Waals surface area (Å²) in [6.07, 6.45) is 0. The third kappa shape index (κ3) is 2.75. The Balaban J connectivity index is 2.18. The summed E-state index contributed by atoms with van der Waals surface area (Å²) < 4.78 is 25.6. The lowest BCUT2D eigenvalue weighted by Gasteiger charge is -2.16. The van der Waals surface area contributed by atoms with Crippen molar-refractivity contribution in [3.8, 4) is 33.4 Å². The van der Waals surface area contributed by atoms with Gasteiger partial charge in [-0.25, -0.2) is 0 Å². The van der Waals surface area contributed by atoms with E-state index in [-0.39, 0.29) is 18.1 Å². The zero-order valence-electron chi connectivity index (χ0n) is 16.2. The molecule has 0 saturated carbocycles. The molecule has 0 nitrogen and oxygen atoms in total. The van der Waals surface area contributed by atoms with Gasteiger partial charge in [0.15, 0.2) is 0 Å². The highest BCUT2D eigenvalue weighted by molar-refractivity contribution is 5.94. The lowest BCUT2D eigenvalue weighted by atomic mass is 9.88. The second kappa shape index (κ2) is 6.55. The second-order valence-corrected chi connectivity index (χ2v) is 5.60. The van der Waals surface area contributed by atoms with E-state index in [0.29, 0.717) is 11.1 Å². The molecule has 0 bridgehead atoms. The van der Waals surface area contributed by atoms with Crippen LogP contribution in [-0.2, 0) is 0 Å². The SMILES string of the molecule is [2H]c1c([2H])c(-c2ccccc2)c(-c2ccccc2)c(-c2ccccc2)c1[2H]. The summed E-state index contributed by atoms with van der Waals surface area (Å²) in [5.41, 5.74) is 4.93. The van der Waals surface area contributed by atoms with Crippen molar-refractivity contribution in [3.63, 3.8) is 0 Å². The highest BCUT2D eigenvalue weighted by Crippen LogP contribution is 2.39. The molecule has 24 heavy (non-hydrogen) atoms. The zero-order chi connectivity index (χ0) is 18.8. The highest BCUT2D eigenvalue weighted by Gasteiger charge is 2.13. The molecule has 0 aliphatic carbocycles. The van der Waals surface area contributed by atoms with E-state index in [1.54, 1.807) is 0 Å². The van der Waals surface area contributed by atoms with E-state index >= 15 is 0 Å². The predicted molar refractivity (Wildman–Crippen MR) is 103 cm³/mol. The summed E-state index contributed by atoms with van der Waals surface area (Å²) in [6.45, 7) is 0. The molecule has 0 aliphatic rings. The van der Waals surface area contributed by atoms with E-state index in [4.69, 9.17) is 4.11 Å². The molecule has 0 heteroatoms. The van der Waals surface area contributed by atoms with E-state index in [1.807, 2.05) is 91.0 Å². The lowest BCUT2D eigenvalue weighted by molar-refractivity contribution is 1.56. The second-order valence-electron chi connectivity index (χ2n) is 5.60. The molecule has 0 fully saturated rings. The van der Waals surface area contributed by atoms with Crippen LogP contribution >= 0.6 is 0 Å². The fourth-order valence-electron chi connectivity index (χ4n) is 2.94. The summed E-state index contributed by atoms with van der Waals surface area (Å²) in [5.74, 6) is 0. The average molecular weight is 309 g/mol. The number of benzene rings is 4. The molecule has 0 spiro atoms. The molecule has 0 N–H and O–H groups in total. The molecule has 4 aromatic rings. The van der Waals surface area contributed by atoms with Gasteiger partial charge in [-0.15, -0.1) is 0 Å². The molecule has 0 aromatic heterocycles. The predicted octanol–water partition coefficient (Wildman–Crippen LogP) is 6.69. The van der Waals surface area contributed by atoms with Crippen LogP contribution in [0.5, 0.6) is 0 Å². The number of hydrogen-bond acceptors (Lipinski definition) is 0. The maximum absolute atomic E-state index is 8.62. The van der Waals surface area contributed by atoms with Gasteiger partial charge in [0.25, 0.3) is 0 Å². The molecule has 0 amide bonds. The van der Waals surface area contributed by atoms with Gasteiger partial charge in [-0.3, -0.25) is 0 Å². The fourth-order valence-corrected chi connectivity index (χ4v) is 2.94. The van der Waals surface area contributed by atoms with Crippen molar-refractivity contribution in [1.29, 1.82) is 0 Å². The van der Waals surface area contributed by atoms with E-state index < -0.39 is 0 Å². The van der Waals surface area contributed by atoms with Crippen LogP contribution in [0.25, 0.3) is 33.4 Å². The smallest absolute Gasteiger partial charge is 0.0622 e. The molecule has 0 radical (unpaired) electrons. The van der Waals surface area contributed by atoms with Crippen molar-refractivity contribution in [3.05, 3.63) is 109 Å². The molecule has 4 rings (SSSR count). The van der Waals surface area contributed by atoms with Crippen molar-refractivity contribution < 1.29 is 4.11 Å². The third-order valence-electron chi connectivity index (χ3n) is 4.06. The number of hydrogen-bond donors (Lipinski definition) is 0. The maximum Gasteiger partial charge on any atom is 0.0629 e. The van der Waals surface area contributed by atoms with Gasteiger partial charge >= 0.3 is 0 Å². The van der Waals surface area contributed by atoms with Crippen molar-refractivity contribution in [2.45, 2.75) is 0 Å². The van der Waals surface area contributed by atoms with E-state index in [9.17, 15) is 0 Å². The Labute approximate surface area is 147 Å². The summed E-state index contributed by atoms with van der Waals surface area (Å²) >= 11 is 0. The zero-order valence-corrected chi connectivity index (χ0v) is 13.2. The van der Waals surface area contributed by atoms with E-state index in [1.165, 1.54) is 0 Å². The van der Waals surface area contributed by atoms with Gasteiger partial charge < -0.3 is 0 Å². The Bertz CT molecular complexity index is 1010. The van der Waals surface area contributed by atoms with Crippen molar-refractivity contribution in [2.24, 2.45) is 0 Å².